The molecular weight excluding hydrogens is 372 g/mol. The van der Waals surface area contributed by atoms with Crippen LogP contribution < -0.4 is 9.91 Å². The van der Waals surface area contributed by atoms with Crippen LogP contribution in [0.2, 0.25) is 0 Å². The third kappa shape index (κ3) is 4.03. The molecule has 0 spiro atoms. The number of anilines is 2. The fourth-order valence-electron chi connectivity index (χ4n) is 3.64. The number of aliphatic carboxylic acids is 1. The second-order valence-corrected chi connectivity index (χ2v) is 7.00. The summed E-state index contributed by atoms with van der Waals surface area (Å²) in [6.07, 6.45) is 2.51. The van der Waals surface area contributed by atoms with E-state index >= 15 is 0 Å². The van der Waals surface area contributed by atoms with Crippen molar-refractivity contribution in [1.29, 1.82) is 0 Å². The SMILES string of the molecule is O=C(O)C1CC(C(=O)N2CCCN(c3cccnn3)CC2)=NN1c1ccccc1. The molecular formula is C20H22N6O3. The maximum Gasteiger partial charge on any atom is 0.328 e. The fourth-order valence-corrected chi connectivity index (χ4v) is 3.64. The molecule has 2 aromatic rings. The summed E-state index contributed by atoms with van der Waals surface area (Å²) in [6.45, 7) is 2.54. The molecule has 1 aromatic carbocycles. The quantitative estimate of drug-likeness (QED) is 0.832. The van der Waals surface area contributed by atoms with Gasteiger partial charge in [-0.15, -0.1) is 5.10 Å². The lowest BCUT2D eigenvalue weighted by Crippen LogP contribution is -2.40. The number of para-hydroxylation sites is 1. The molecule has 0 radical (unpaired) electrons. The number of hydrogen-bond acceptors (Lipinski definition) is 7. The van der Waals surface area contributed by atoms with E-state index in [9.17, 15) is 14.7 Å². The summed E-state index contributed by atoms with van der Waals surface area (Å²) < 4.78 is 0. The summed E-state index contributed by atoms with van der Waals surface area (Å²) in [6, 6.07) is 11.9. The summed E-state index contributed by atoms with van der Waals surface area (Å²) in [5.41, 5.74) is 0.946. The lowest BCUT2D eigenvalue weighted by molar-refractivity contribution is -0.138. The number of aromatic nitrogens is 2. The van der Waals surface area contributed by atoms with Gasteiger partial charge in [0.15, 0.2) is 11.9 Å². The Morgan fingerprint density at radius 3 is 2.55 bits per heavy atom. The average Bonchev–Trinajstić information content (AvgIpc) is 3.06. The maximum atomic E-state index is 13.1. The molecule has 2 aliphatic rings. The van der Waals surface area contributed by atoms with Gasteiger partial charge < -0.3 is 14.9 Å². The summed E-state index contributed by atoms with van der Waals surface area (Å²) in [7, 11) is 0. The molecule has 0 bridgehead atoms. The van der Waals surface area contributed by atoms with E-state index in [1.54, 1.807) is 23.2 Å². The predicted octanol–water partition coefficient (Wildman–Crippen LogP) is 1.23. The third-order valence-electron chi connectivity index (χ3n) is 5.13. The average molecular weight is 394 g/mol. The molecule has 1 N–H and O–H groups in total. The highest BCUT2D eigenvalue weighted by Gasteiger charge is 2.37. The van der Waals surface area contributed by atoms with Crippen molar-refractivity contribution in [2.24, 2.45) is 5.10 Å². The predicted molar refractivity (Wildman–Crippen MR) is 108 cm³/mol. The first-order valence-electron chi connectivity index (χ1n) is 9.60. The van der Waals surface area contributed by atoms with Crippen LogP contribution in [0.1, 0.15) is 12.8 Å². The molecule has 29 heavy (non-hydrogen) atoms. The second-order valence-electron chi connectivity index (χ2n) is 7.00. The molecule has 1 unspecified atom stereocenters. The number of amides is 1. The van der Waals surface area contributed by atoms with Gasteiger partial charge in [0.1, 0.15) is 5.71 Å². The van der Waals surface area contributed by atoms with Gasteiger partial charge in [-0.3, -0.25) is 9.80 Å². The number of carbonyl (C=O) groups excluding carboxylic acids is 1. The summed E-state index contributed by atoms with van der Waals surface area (Å²) in [4.78, 5) is 28.7. The normalized spacial score (nSPS) is 19.7. The number of carboxylic acids is 1. The lowest BCUT2D eigenvalue weighted by atomic mass is 10.1. The number of carbonyl (C=O) groups is 2. The Balaban J connectivity index is 1.48. The van der Waals surface area contributed by atoms with Crippen LogP contribution in [0.3, 0.4) is 0 Å². The zero-order valence-electron chi connectivity index (χ0n) is 15.9. The van der Waals surface area contributed by atoms with Crippen LogP contribution in [-0.2, 0) is 9.59 Å². The number of rotatable bonds is 4. The van der Waals surface area contributed by atoms with Crippen molar-refractivity contribution in [3.8, 4) is 0 Å². The minimum absolute atomic E-state index is 0.0907. The number of hydrazone groups is 1. The van der Waals surface area contributed by atoms with Crippen molar-refractivity contribution >= 4 is 29.1 Å². The first kappa shape index (κ1) is 18.9. The molecule has 1 amide bonds. The van der Waals surface area contributed by atoms with Crippen molar-refractivity contribution in [2.45, 2.75) is 18.9 Å². The van der Waals surface area contributed by atoms with Crippen LogP contribution >= 0.6 is 0 Å². The van der Waals surface area contributed by atoms with E-state index in [-0.39, 0.29) is 18.0 Å². The molecule has 150 valence electrons. The molecule has 1 aromatic heterocycles. The minimum atomic E-state index is -0.995. The third-order valence-corrected chi connectivity index (χ3v) is 5.13. The molecule has 0 aliphatic carbocycles. The van der Waals surface area contributed by atoms with Gasteiger partial charge in [0.2, 0.25) is 0 Å². The van der Waals surface area contributed by atoms with Gasteiger partial charge in [-0.2, -0.15) is 10.2 Å². The zero-order chi connectivity index (χ0) is 20.2. The Labute approximate surface area is 168 Å². The highest BCUT2D eigenvalue weighted by Crippen LogP contribution is 2.25. The van der Waals surface area contributed by atoms with E-state index in [1.807, 2.05) is 30.3 Å². The van der Waals surface area contributed by atoms with Crippen LogP contribution in [-0.4, -0.2) is 70.0 Å². The van der Waals surface area contributed by atoms with E-state index in [0.29, 0.717) is 25.3 Å². The second kappa shape index (κ2) is 8.26. The first-order valence-corrected chi connectivity index (χ1v) is 9.60. The monoisotopic (exact) mass is 394 g/mol. The first-order chi connectivity index (χ1) is 14.1. The molecule has 3 heterocycles. The number of carboxylic acid groups (broad SMARTS) is 1. The van der Waals surface area contributed by atoms with Crippen molar-refractivity contribution in [2.75, 3.05) is 36.1 Å². The topological polar surface area (TPSA) is 102 Å². The van der Waals surface area contributed by atoms with Crippen LogP contribution in [0.15, 0.2) is 53.8 Å². The van der Waals surface area contributed by atoms with Crippen molar-refractivity contribution < 1.29 is 14.7 Å². The summed E-state index contributed by atoms with van der Waals surface area (Å²) >= 11 is 0. The minimum Gasteiger partial charge on any atom is -0.480 e. The molecule has 9 nitrogen and oxygen atoms in total. The molecule has 9 heteroatoms. The molecule has 1 saturated heterocycles. The van der Waals surface area contributed by atoms with Crippen LogP contribution in [0, 0.1) is 0 Å². The molecule has 1 atom stereocenters. The van der Waals surface area contributed by atoms with Gasteiger partial charge in [0.25, 0.3) is 5.91 Å². The largest absolute Gasteiger partial charge is 0.480 e. The van der Waals surface area contributed by atoms with Gasteiger partial charge in [-0.1, -0.05) is 18.2 Å². The van der Waals surface area contributed by atoms with Crippen LogP contribution in [0.25, 0.3) is 0 Å². The molecule has 2 aliphatic heterocycles. The number of hydrogen-bond donors (Lipinski definition) is 1. The van der Waals surface area contributed by atoms with E-state index in [0.717, 1.165) is 18.8 Å². The van der Waals surface area contributed by atoms with Gasteiger partial charge in [-0.25, -0.2) is 4.79 Å². The van der Waals surface area contributed by atoms with Crippen molar-refractivity contribution in [1.82, 2.24) is 15.1 Å². The van der Waals surface area contributed by atoms with E-state index < -0.39 is 12.0 Å². The summed E-state index contributed by atoms with van der Waals surface area (Å²) in [5, 5.41) is 23.5. The van der Waals surface area contributed by atoms with Crippen LogP contribution in [0.5, 0.6) is 0 Å². The van der Waals surface area contributed by atoms with E-state index in [1.165, 1.54) is 5.01 Å². The Kier molecular flexibility index (Phi) is 5.37. The van der Waals surface area contributed by atoms with Crippen molar-refractivity contribution in [3.63, 3.8) is 0 Å². The Hall–Kier alpha value is -3.49. The van der Waals surface area contributed by atoms with Gasteiger partial charge in [-0.05, 0) is 30.7 Å². The van der Waals surface area contributed by atoms with Gasteiger partial charge >= 0.3 is 5.97 Å². The van der Waals surface area contributed by atoms with E-state index in [4.69, 9.17) is 0 Å². The Morgan fingerprint density at radius 1 is 1.00 bits per heavy atom. The highest BCUT2D eigenvalue weighted by molar-refractivity contribution is 6.40. The molecule has 4 rings (SSSR count). The highest BCUT2D eigenvalue weighted by atomic mass is 16.4. The van der Waals surface area contributed by atoms with Gasteiger partial charge in [0.05, 0.1) is 5.69 Å². The fraction of sp³-hybridized carbons (Fsp3) is 0.350. The van der Waals surface area contributed by atoms with Crippen molar-refractivity contribution in [3.05, 3.63) is 48.7 Å². The van der Waals surface area contributed by atoms with Crippen LogP contribution in [0.4, 0.5) is 11.5 Å². The standard InChI is InChI=1S/C20H22N6O3/c27-19(25-11-5-10-24(12-13-25)18-8-4-9-21-22-18)16-14-17(20(28)29)26(23-16)15-6-2-1-3-7-15/h1-4,6-9,17H,5,10-14H2,(H,28,29). The van der Waals surface area contributed by atoms with Gasteiger partial charge in [0, 0.05) is 38.8 Å². The van der Waals surface area contributed by atoms with E-state index in [2.05, 4.69) is 20.2 Å². The Morgan fingerprint density at radius 2 is 1.83 bits per heavy atom. The number of benzene rings is 1. The smallest absolute Gasteiger partial charge is 0.328 e. The molecule has 0 saturated carbocycles. The number of nitrogens with zero attached hydrogens (tertiary/aromatic N) is 6. The lowest BCUT2D eigenvalue weighted by Gasteiger charge is -2.22. The molecule has 1 fully saturated rings. The maximum absolute atomic E-state index is 13.1. The Bertz CT molecular complexity index is 905. The zero-order valence-corrected chi connectivity index (χ0v) is 15.9. The summed E-state index contributed by atoms with van der Waals surface area (Å²) in [5.74, 6) is -0.401.